The Labute approximate surface area is 163 Å². The summed E-state index contributed by atoms with van der Waals surface area (Å²) < 4.78 is 10.8. The molecule has 0 spiro atoms. The van der Waals surface area contributed by atoms with Crippen molar-refractivity contribution in [3.63, 3.8) is 0 Å². The Morgan fingerprint density at radius 3 is 2.38 bits per heavy atom. The third-order valence-corrected chi connectivity index (χ3v) is 3.10. The van der Waals surface area contributed by atoms with Crippen LogP contribution in [0.2, 0.25) is 0 Å². The molecule has 1 aromatic rings. The third-order valence-electron chi connectivity index (χ3n) is 3.10. The summed E-state index contributed by atoms with van der Waals surface area (Å²) in [6, 6.07) is 7.58. The predicted octanol–water partition coefficient (Wildman–Crippen LogP) is 2.20. The first-order chi connectivity index (χ1) is 11.2. The second-order valence-corrected chi connectivity index (χ2v) is 5.37. The number of nitrogens with one attached hydrogen (secondary N) is 2. The average molecular weight is 450 g/mol. The molecule has 0 fully saturated rings. The summed E-state index contributed by atoms with van der Waals surface area (Å²) in [5, 5.41) is 6.51. The Kier molecular flexibility index (Phi) is 13.4. The van der Waals surface area contributed by atoms with Crippen LogP contribution in [-0.4, -0.2) is 64.9 Å². The summed E-state index contributed by atoms with van der Waals surface area (Å²) in [6.45, 7) is 6.04. The van der Waals surface area contributed by atoms with Gasteiger partial charge in [0.2, 0.25) is 0 Å². The molecule has 24 heavy (non-hydrogen) atoms. The summed E-state index contributed by atoms with van der Waals surface area (Å²) in [6.07, 6.45) is 1.05. The van der Waals surface area contributed by atoms with Gasteiger partial charge in [0.15, 0.2) is 5.96 Å². The number of nitrogens with zero attached hydrogens (tertiary/aromatic N) is 2. The molecular formula is C17H31IN4O2. The lowest BCUT2D eigenvalue weighted by atomic mass is 10.3. The Balaban J connectivity index is 0.00000529. The molecule has 0 saturated carbocycles. The fourth-order valence-corrected chi connectivity index (χ4v) is 1.93. The highest BCUT2D eigenvalue weighted by molar-refractivity contribution is 14.0. The van der Waals surface area contributed by atoms with Crippen molar-refractivity contribution in [1.82, 2.24) is 15.5 Å². The fourth-order valence-electron chi connectivity index (χ4n) is 1.93. The topological polar surface area (TPSA) is 58.1 Å². The minimum atomic E-state index is 0. The second kappa shape index (κ2) is 14.2. The maximum atomic E-state index is 5.68. The summed E-state index contributed by atoms with van der Waals surface area (Å²) >= 11 is 0. The van der Waals surface area contributed by atoms with Gasteiger partial charge in [0.05, 0.1) is 13.7 Å². The normalized spacial score (nSPS) is 11.0. The Morgan fingerprint density at radius 2 is 1.79 bits per heavy atom. The second-order valence-electron chi connectivity index (χ2n) is 5.37. The number of benzene rings is 1. The van der Waals surface area contributed by atoms with Gasteiger partial charge >= 0.3 is 0 Å². The molecule has 0 saturated heterocycles. The van der Waals surface area contributed by atoms with Crippen molar-refractivity contribution in [2.45, 2.75) is 13.3 Å². The van der Waals surface area contributed by atoms with Gasteiger partial charge in [-0.3, -0.25) is 4.99 Å². The van der Waals surface area contributed by atoms with Gasteiger partial charge in [-0.15, -0.1) is 24.0 Å². The number of aliphatic imine (C=N–C) groups is 1. The number of ether oxygens (including phenoxy) is 2. The van der Waals surface area contributed by atoms with Crippen LogP contribution in [0, 0.1) is 0 Å². The van der Waals surface area contributed by atoms with Crippen LogP contribution >= 0.6 is 24.0 Å². The van der Waals surface area contributed by atoms with E-state index in [0.717, 1.165) is 43.5 Å². The maximum Gasteiger partial charge on any atom is 0.191 e. The number of halogens is 1. The van der Waals surface area contributed by atoms with Crippen molar-refractivity contribution in [1.29, 1.82) is 0 Å². The van der Waals surface area contributed by atoms with Gasteiger partial charge < -0.3 is 25.0 Å². The van der Waals surface area contributed by atoms with Crippen LogP contribution in [0.4, 0.5) is 0 Å². The Bertz CT molecular complexity index is 452. The number of guanidine groups is 1. The Morgan fingerprint density at radius 1 is 1.12 bits per heavy atom. The smallest absolute Gasteiger partial charge is 0.191 e. The molecule has 6 nitrogen and oxygen atoms in total. The van der Waals surface area contributed by atoms with Gasteiger partial charge in [0.25, 0.3) is 0 Å². The zero-order valence-electron chi connectivity index (χ0n) is 15.2. The first kappa shape index (κ1) is 22.8. The van der Waals surface area contributed by atoms with Crippen molar-refractivity contribution in [3.05, 3.63) is 24.3 Å². The summed E-state index contributed by atoms with van der Waals surface area (Å²) in [5.41, 5.74) is 0. The van der Waals surface area contributed by atoms with Crippen molar-refractivity contribution in [3.8, 4) is 11.5 Å². The molecule has 0 aromatic heterocycles. The summed E-state index contributed by atoms with van der Waals surface area (Å²) in [4.78, 5) is 6.71. The van der Waals surface area contributed by atoms with Crippen LogP contribution in [0.25, 0.3) is 0 Å². The maximum absolute atomic E-state index is 5.68. The molecule has 2 N–H and O–H groups in total. The lowest BCUT2D eigenvalue weighted by Gasteiger charge is -2.13. The SMILES string of the molecule is CCNC(=NCCCN(C)C)NCCOc1ccc(OC)cc1.I. The van der Waals surface area contributed by atoms with E-state index in [2.05, 4.69) is 41.5 Å². The lowest BCUT2D eigenvalue weighted by molar-refractivity contribution is 0.321. The molecule has 1 rings (SSSR count). The molecule has 138 valence electrons. The molecule has 0 amide bonds. The molecule has 0 unspecified atom stereocenters. The van der Waals surface area contributed by atoms with E-state index in [1.54, 1.807) is 7.11 Å². The van der Waals surface area contributed by atoms with E-state index in [0.29, 0.717) is 13.2 Å². The van der Waals surface area contributed by atoms with Crippen LogP contribution in [0.5, 0.6) is 11.5 Å². The Hall–Kier alpha value is -1.22. The minimum absolute atomic E-state index is 0. The fraction of sp³-hybridized carbons (Fsp3) is 0.588. The standard InChI is InChI=1S/C17H30N4O2.HI/c1-5-18-17(19-11-6-13-21(2)3)20-12-14-23-16-9-7-15(22-4)8-10-16;/h7-10H,5-6,11-14H2,1-4H3,(H2,18,19,20);1H. The molecule has 0 heterocycles. The van der Waals surface area contributed by atoms with Gasteiger partial charge in [0, 0.05) is 13.1 Å². The molecular weight excluding hydrogens is 419 g/mol. The molecule has 0 aliphatic rings. The largest absolute Gasteiger partial charge is 0.497 e. The van der Waals surface area contributed by atoms with E-state index in [9.17, 15) is 0 Å². The zero-order valence-corrected chi connectivity index (χ0v) is 17.5. The highest BCUT2D eigenvalue weighted by Crippen LogP contribution is 2.16. The molecule has 0 aliphatic heterocycles. The van der Waals surface area contributed by atoms with Crippen molar-refractivity contribution in [2.75, 3.05) is 54.0 Å². The summed E-state index contributed by atoms with van der Waals surface area (Å²) in [5.74, 6) is 2.50. The van der Waals surface area contributed by atoms with Gasteiger partial charge in [-0.25, -0.2) is 0 Å². The quantitative estimate of drug-likeness (QED) is 0.248. The van der Waals surface area contributed by atoms with Crippen LogP contribution < -0.4 is 20.1 Å². The highest BCUT2D eigenvalue weighted by Gasteiger charge is 1.98. The lowest BCUT2D eigenvalue weighted by Crippen LogP contribution is -2.39. The van der Waals surface area contributed by atoms with Crippen LogP contribution in [0.3, 0.4) is 0 Å². The van der Waals surface area contributed by atoms with Crippen LogP contribution in [0.1, 0.15) is 13.3 Å². The van der Waals surface area contributed by atoms with Gasteiger partial charge in [-0.1, -0.05) is 0 Å². The van der Waals surface area contributed by atoms with Gasteiger partial charge in [-0.2, -0.15) is 0 Å². The van der Waals surface area contributed by atoms with Gasteiger partial charge in [-0.05, 0) is 58.3 Å². The number of methoxy groups -OCH3 is 1. The first-order valence-electron chi connectivity index (χ1n) is 8.09. The van der Waals surface area contributed by atoms with Crippen molar-refractivity contribution >= 4 is 29.9 Å². The third kappa shape index (κ3) is 10.5. The van der Waals surface area contributed by atoms with E-state index in [4.69, 9.17) is 9.47 Å². The van der Waals surface area contributed by atoms with Crippen molar-refractivity contribution < 1.29 is 9.47 Å². The monoisotopic (exact) mass is 450 g/mol. The molecule has 0 aliphatic carbocycles. The molecule has 0 radical (unpaired) electrons. The first-order valence-corrected chi connectivity index (χ1v) is 8.09. The molecule has 1 aromatic carbocycles. The number of hydrogen-bond acceptors (Lipinski definition) is 4. The number of rotatable bonds is 10. The van der Waals surface area contributed by atoms with E-state index in [1.807, 2.05) is 24.3 Å². The van der Waals surface area contributed by atoms with E-state index >= 15 is 0 Å². The van der Waals surface area contributed by atoms with Crippen LogP contribution in [0.15, 0.2) is 29.3 Å². The van der Waals surface area contributed by atoms with Crippen molar-refractivity contribution in [2.24, 2.45) is 4.99 Å². The van der Waals surface area contributed by atoms with Crippen LogP contribution in [-0.2, 0) is 0 Å². The molecule has 7 heteroatoms. The zero-order chi connectivity index (χ0) is 16.9. The van der Waals surface area contributed by atoms with E-state index in [-0.39, 0.29) is 24.0 Å². The summed E-state index contributed by atoms with van der Waals surface area (Å²) in [7, 11) is 5.80. The predicted molar refractivity (Wildman–Crippen MR) is 111 cm³/mol. The average Bonchev–Trinajstić information content (AvgIpc) is 2.55. The van der Waals surface area contributed by atoms with E-state index in [1.165, 1.54) is 0 Å². The molecule has 0 bridgehead atoms. The van der Waals surface area contributed by atoms with Gasteiger partial charge in [0.1, 0.15) is 18.1 Å². The number of hydrogen-bond donors (Lipinski definition) is 2. The highest BCUT2D eigenvalue weighted by atomic mass is 127. The molecule has 0 atom stereocenters. The minimum Gasteiger partial charge on any atom is -0.497 e. The van der Waals surface area contributed by atoms with E-state index < -0.39 is 0 Å².